The molecule has 0 aliphatic heterocycles. The topological polar surface area (TPSA) is 69.6 Å². The number of hydrogen-bond acceptors (Lipinski definition) is 3. The Labute approximate surface area is 155 Å². The van der Waals surface area contributed by atoms with Gasteiger partial charge in [0, 0.05) is 42.4 Å². The smallest absolute Gasteiger partial charge is 0.328 e. The quantitative estimate of drug-likeness (QED) is 0.724. The standard InChI is InChI=1S/C19H19BrN2O3/c1-22(2)17-6-3-13(4-7-17)12-21-19(25)15-9-14(5-8-18(23)24)10-16(20)11-15/h3-11H,12H2,1-2H3,(H,21,25)(H,23,24)/b8-5+. The van der Waals surface area contributed by atoms with Crippen LogP contribution in [0.25, 0.3) is 6.08 Å². The average Bonchev–Trinajstić information content (AvgIpc) is 2.57. The summed E-state index contributed by atoms with van der Waals surface area (Å²) in [7, 11) is 3.95. The third-order valence-electron chi connectivity index (χ3n) is 3.51. The van der Waals surface area contributed by atoms with Crippen LogP contribution in [0.5, 0.6) is 0 Å². The van der Waals surface area contributed by atoms with Gasteiger partial charge in [-0.05, 0) is 47.5 Å². The maximum absolute atomic E-state index is 12.4. The molecule has 1 amide bonds. The van der Waals surface area contributed by atoms with Crippen molar-refractivity contribution in [3.8, 4) is 0 Å². The fraction of sp³-hybridized carbons (Fsp3) is 0.158. The summed E-state index contributed by atoms with van der Waals surface area (Å²) in [6, 6.07) is 13.0. The minimum atomic E-state index is -1.04. The molecular weight excluding hydrogens is 384 g/mol. The summed E-state index contributed by atoms with van der Waals surface area (Å²) < 4.78 is 0.709. The van der Waals surface area contributed by atoms with Crippen molar-refractivity contribution in [2.75, 3.05) is 19.0 Å². The Kier molecular flexibility index (Phi) is 6.36. The SMILES string of the molecule is CN(C)c1ccc(CNC(=O)c2cc(Br)cc(/C=C/C(=O)O)c2)cc1. The molecule has 5 nitrogen and oxygen atoms in total. The van der Waals surface area contributed by atoms with Crippen molar-refractivity contribution in [3.63, 3.8) is 0 Å². The van der Waals surface area contributed by atoms with Gasteiger partial charge in [-0.25, -0.2) is 4.79 Å². The Balaban J connectivity index is 2.06. The van der Waals surface area contributed by atoms with E-state index in [1.807, 2.05) is 43.3 Å². The van der Waals surface area contributed by atoms with Crippen LogP contribution in [-0.2, 0) is 11.3 Å². The first-order valence-electron chi connectivity index (χ1n) is 7.61. The van der Waals surface area contributed by atoms with Crippen molar-refractivity contribution in [2.24, 2.45) is 0 Å². The van der Waals surface area contributed by atoms with E-state index < -0.39 is 5.97 Å². The van der Waals surface area contributed by atoms with Gasteiger partial charge in [0.25, 0.3) is 5.91 Å². The van der Waals surface area contributed by atoms with Crippen molar-refractivity contribution >= 4 is 39.6 Å². The summed E-state index contributed by atoms with van der Waals surface area (Å²) in [5, 5.41) is 11.6. The maximum atomic E-state index is 12.4. The Bertz CT molecular complexity index is 799. The fourth-order valence-electron chi connectivity index (χ4n) is 2.20. The number of aliphatic carboxylic acids is 1. The summed E-state index contributed by atoms with van der Waals surface area (Å²) in [6.07, 6.45) is 2.49. The second kappa shape index (κ2) is 8.48. The third-order valence-corrected chi connectivity index (χ3v) is 3.96. The predicted molar refractivity (Wildman–Crippen MR) is 103 cm³/mol. The van der Waals surface area contributed by atoms with Crippen LogP contribution < -0.4 is 10.2 Å². The molecule has 0 unspecified atom stereocenters. The molecule has 0 atom stereocenters. The highest BCUT2D eigenvalue weighted by molar-refractivity contribution is 9.10. The molecule has 2 N–H and O–H groups in total. The van der Waals surface area contributed by atoms with Crippen LogP contribution in [0.15, 0.2) is 53.0 Å². The molecule has 0 aliphatic rings. The van der Waals surface area contributed by atoms with Gasteiger partial charge < -0.3 is 15.3 Å². The van der Waals surface area contributed by atoms with E-state index >= 15 is 0 Å². The number of carbonyl (C=O) groups is 2. The molecule has 2 aromatic rings. The lowest BCUT2D eigenvalue weighted by atomic mass is 10.1. The largest absolute Gasteiger partial charge is 0.478 e. The Morgan fingerprint density at radius 2 is 1.84 bits per heavy atom. The monoisotopic (exact) mass is 402 g/mol. The number of anilines is 1. The highest BCUT2D eigenvalue weighted by Crippen LogP contribution is 2.18. The zero-order chi connectivity index (χ0) is 18.4. The highest BCUT2D eigenvalue weighted by atomic mass is 79.9. The highest BCUT2D eigenvalue weighted by Gasteiger charge is 2.08. The van der Waals surface area contributed by atoms with E-state index in [4.69, 9.17) is 5.11 Å². The molecule has 2 aromatic carbocycles. The lowest BCUT2D eigenvalue weighted by molar-refractivity contribution is -0.131. The number of amides is 1. The van der Waals surface area contributed by atoms with Gasteiger partial charge in [-0.2, -0.15) is 0 Å². The van der Waals surface area contributed by atoms with Crippen LogP contribution in [0.4, 0.5) is 5.69 Å². The van der Waals surface area contributed by atoms with Crippen LogP contribution >= 0.6 is 15.9 Å². The molecule has 0 spiro atoms. The van der Waals surface area contributed by atoms with Crippen molar-refractivity contribution in [2.45, 2.75) is 6.54 Å². The van der Waals surface area contributed by atoms with E-state index in [-0.39, 0.29) is 5.91 Å². The van der Waals surface area contributed by atoms with E-state index in [0.717, 1.165) is 17.3 Å². The number of rotatable bonds is 6. The van der Waals surface area contributed by atoms with Crippen LogP contribution in [0.2, 0.25) is 0 Å². The number of carbonyl (C=O) groups excluding carboxylic acids is 1. The molecule has 0 radical (unpaired) electrons. The molecule has 25 heavy (non-hydrogen) atoms. The van der Waals surface area contributed by atoms with Crippen molar-refractivity contribution in [1.29, 1.82) is 0 Å². The molecule has 130 valence electrons. The second-order valence-corrected chi connectivity index (χ2v) is 6.60. The fourth-order valence-corrected chi connectivity index (χ4v) is 2.71. The summed E-state index contributed by atoms with van der Waals surface area (Å²) in [5.74, 6) is -1.25. The number of carboxylic acids is 1. The molecule has 0 bridgehead atoms. The lowest BCUT2D eigenvalue weighted by Gasteiger charge is -2.13. The molecule has 0 saturated heterocycles. The number of carboxylic acid groups (broad SMARTS) is 1. The van der Waals surface area contributed by atoms with Gasteiger partial charge in [-0.1, -0.05) is 28.1 Å². The van der Waals surface area contributed by atoms with E-state index in [1.54, 1.807) is 18.2 Å². The first-order chi connectivity index (χ1) is 11.8. The van der Waals surface area contributed by atoms with Gasteiger partial charge in [0.2, 0.25) is 0 Å². The normalized spacial score (nSPS) is 10.7. The molecule has 6 heteroatoms. The Hall–Kier alpha value is -2.60. The average molecular weight is 403 g/mol. The van der Waals surface area contributed by atoms with Gasteiger partial charge in [0.05, 0.1) is 0 Å². The van der Waals surface area contributed by atoms with E-state index in [1.165, 1.54) is 6.08 Å². The first kappa shape index (κ1) is 18.7. The van der Waals surface area contributed by atoms with Crippen LogP contribution in [0.1, 0.15) is 21.5 Å². The molecule has 0 saturated carbocycles. The molecule has 0 fully saturated rings. The predicted octanol–water partition coefficient (Wildman–Crippen LogP) is 3.54. The minimum Gasteiger partial charge on any atom is -0.478 e. The number of benzene rings is 2. The van der Waals surface area contributed by atoms with E-state index in [9.17, 15) is 9.59 Å². The van der Waals surface area contributed by atoms with Crippen molar-refractivity contribution < 1.29 is 14.7 Å². The first-order valence-corrected chi connectivity index (χ1v) is 8.40. The van der Waals surface area contributed by atoms with E-state index in [0.29, 0.717) is 22.1 Å². The maximum Gasteiger partial charge on any atom is 0.328 e. The lowest BCUT2D eigenvalue weighted by Crippen LogP contribution is -2.23. The second-order valence-electron chi connectivity index (χ2n) is 5.69. The van der Waals surface area contributed by atoms with Crippen molar-refractivity contribution in [1.82, 2.24) is 5.32 Å². The number of halogens is 1. The third kappa shape index (κ3) is 5.76. The van der Waals surface area contributed by atoms with Gasteiger partial charge >= 0.3 is 5.97 Å². The molecule has 0 aromatic heterocycles. The van der Waals surface area contributed by atoms with Crippen molar-refractivity contribution in [3.05, 3.63) is 69.7 Å². The van der Waals surface area contributed by atoms with Crippen LogP contribution in [-0.4, -0.2) is 31.1 Å². The van der Waals surface area contributed by atoms with Gasteiger partial charge in [0.15, 0.2) is 0 Å². The summed E-state index contributed by atoms with van der Waals surface area (Å²) >= 11 is 3.34. The summed E-state index contributed by atoms with van der Waals surface area (Å²) in [6.45, 7) is 0.416. The molecule has 0 aliphatic carbocycles. The molecule has 2 rings (SSSR count). The van der Waals surface area contributed by atoms with Crippen LogP contribution in [0, 0.1) is 0 Å². The summed E-state index contributed by atoms with van der Waals surface area (Å²) in [5.41, 5.74) is 3.19. The Morgan fingerprint density at radius 1 is 1.16 bits per heavy atom. The number of hydrogen-bond donors (Lipinski definition) is 2. The minimum absolute atomic E-state index is 0.219. The van der Waals surface area contributed by atoms with Gasteiger partial charge in [-0.15, -0.1) is 0 Å². The van der Waals surface area contributed by atoms with Gasteiger partial charge in [0.1, 0.15) is 0 Å². The Morgan fingerprint density at radius 3 is 2.44 bits per heavy atom. The van der Waals surface area contributed by atoms with Crippen LogP contribution in [0.3, 0.4) is 0 Å². The molecule has 0 heterocycles. The number of nitrogens with one attached hydrogen (secondary N) is 1. The number of nitrogens with zero attached hydrogens (tertiary/aromatic N) is 1. The zero-order valence-electron chi connectivity index (χ0n) is 14.0. The molecular formula is C19H19BrN2O3. The van der Waals surface area contributed by atoms with E-state index in [2.05, 4.69) is 21.2 Å². The van der Waals surface area contributed by atoms with Gasteiger partial charge in [-0.3, -0.25) is 4.79 Å². The summed E-state index contributed by atoms with van der Waals surface area (Å²) in [4.78, 5) is 25.0. The zero-order valence-corrected chi connectivity index (χ0v) is 15.6.